The fourth-order valence-corrected chi connectivity index (χ4v) is 3.85. The van der Waals surface area contributed by atoms with Gasteiger partial charge in [-0.15, -0.1) is 0 Å². The van der Waals surface area contributed by atoms with Crippen LogP contribution >= 0.6 is 0 Å². The second-order valence-corrected chi connectivity index (χ2v) is 8.38. The van der Waals surface area contributed by atoms with Gasteiger partial charge in [0.05, 0.1) is 23.4 Å². The summed E-state index contributed by atoms with van der Waals surface area (Å²) in [7, 11) is 0. The van der Waals surface area contributed by atoms with Crippen LogP contribution in [0.3, 0.4) is 0 Å². The monoisotopic (exact) mass is 397 g/mol. The number of halogens is 1. The maximum absolute atomic E-state index is 14.5. The van der Waals surface area contributed by atoms with Crippen LogP contribution in [0.5, 0.6) is 5.75 Å². The zero-order valence-corrected chi connectivity index (χ0v) is 16.8. The number of anilines is 1. The first-order chi connectivity index (χ1) is 13.9. The van der Waals surface area contributed by atoms with E-state index >= 15 is 0 Å². The summed E-state index contributed by atoms with van der Waals surface area (Å²) in [5.41, 5.74) is 1.69. The molecule has 1 N–H and O–H groups in total. The Hall–Kier alpha value is -2.74. The maximum atomic E-state index is 14.5. The van der Waals surface area contributed by atoms with Gasteiger partial charge in [-0.1, -0.05) is 0 Å². The third-order valence-electron chi connectivity index (χ3n) is 5.56. The average molecular weight is 397 g/mol. The summed E-state index contributed by atoms with van der Waals surface area (Å²) >= 11 is 0. The molecule has 1 aliphatic heterocycles. The van der Waals surface area contributed by atoms with Gasteiger partial charge in [-0.3, -0.25) is 5.10 Å². The lowest BCUT2D eigenvalue weighted by atomic mass is 10.1. The highest BCUT2D eigenvalue weighted by Crippen LogP contribution is 2.41. The number of fused-ring (bicyclic) bond motifs is 1. The largest absolute Gasteiger partial charge is 0.484 e. The van der Waals surface area contributed by atoms with Crippen LogP contribution in [-0.4, -0.2) is 51.1 Å². The molecule has 2 atom stereocenters. The quantitative estimate of drug-likeness (QED) is 0.723. The van der Waals surface area contributed by atoms with Crippen LogP contribution in [-0.2, 0) is 4.74 Å². The third-order valence-corrected chi connectivity index (χ3v) is 5.56. The molecule has 1 saturated heterocycles. The van der Waals surface area contributed by atoms with E-state index in [-0.39, 0.29) is 29.4 Å². The Labute approximate surface area is 168 Å². The van der Waals surface area contributed by atoms with Crippen LogP contribution < -0.4 is 9.64 Å². The average Bonchev–Trinajstić information content (AvgIpc) is 3.27. The minimum absolute atomic E-state index is 0.134. The van der Waals surface area contributed by atoms with Gasteiger partial charge in [0, 0.05) is 30.6 Å². The lowest BCUT2D eigenvalue weighted by Gasteiger charge is -2.36. The van der Waals surface area contributed by atoms with Gasteiger partial charge in [0.2, 0.25) is 0 Å². The van der Waals surface area contributed by atoms with Crippen LogP contribution in [0.4, 0.5) is 10.2 Å². The zero-order valence-electron chi connectivity index (χ0n) is 16.8. The van der Waals surface area contributed by atoms with Crippen molar-refractivity contribution in [2.24, 2.45) is 0 Å². The molecule has 0 amide bonds. The summed E-state index contributed by atoms with van der Waals surface area (Å²) in [6.07, 6.45) is 3.69. The molecule has 8 heteroatoms. The van der Waals surface area contributed by atoms with Gasteiger partial charge in [-0.05, 0) is 39.7 Å². The van der Waals surface area contributed by atoms with E-state index in [1.54, 1.807) is 12.4 Å². The van der Waals surface area contributed by atoms with Gasteiger partial charge in [-0.25, -0.2) is 14.4 Å². The Kier molecular flexibility index (Phi) is 4.20. The van der Waals surface area contributed by atoms with Crippen molar-refractivity contribution < 1.29 is 13.9 Å². The summed E-state index contributed by atoms with van der Waals surface area (Å²) in [5, 5.41) is 8.08. The molecule has 0 unspecified atom stereocenters. The molecule has 29 heavy (non-hydrogen) atoms. The molecule has 1 saturated carbocycles. The number of nitrogens with one attached hydrogen (secondary N) is 1. The molecule has 1 aromatic carbocycles. The summed E-state index contributed by atoms with van der Waals surface area (Å²) in [6.45, 7) is 7.65. The normalized spacial score (nSPS) is 23.4. The second-order valence-electron chi connectivity index (χ2n) is 8.38. The van der Waals surface area contributed by atoms with E-state index in [1.165, 1.54) is 6.07 Å². The van der Waals surface area contributed by atoms with Gasteiger partial charge >= 0.3 is 0 Å². The predicted octanol–water partition coefficient (Wildman–Crippen LogP) is 3.70. The summed E-state index contributed by atoms with van der Waals surface area (Å²) in [4.78, 5) is 11.1. The molecule has 1 aliphatic carbocycles. The second kappa shape index (κ2) is 6.66. The number of H-pyrrole nitrogens is 1. The maximum Gasteiger partial charge on any atom is 0.167 e. The van der Waals surface area contributed by atoms with E-state index in [2.05, 4.69) is 38.9 Å². The van der Waals surface area contributed by atoms with Crippen molar-refractivity contribution in [3.8, 4) is 17.1 Å². The van der Waals surface area contributed by atoms with Gasteiger partial charge in [0.15, 0.2) is 11.6 Å². The van der Waals surface area contributed by atoms with E-state index < -0.39 is 0 Å². The number of morpholine rings is 1. The lowest BCUT2D eigenvalue weighted by molar-refractivity contribution is -0.00546. The number of hydrogen-bond donors (Lipinski definition) is 1. The number of nitrogens with zero attached hydrogens (tertiary/aromatic N) is 4. The van der Waals surface area contributed by atoms with E-state index in [1.807, 2.05) is 13.0 Å². The SMILES string of the molecule is C[C@@H]1CN(c2cc(-c3n[nH]c4cc(F)c(OC5(C)CC5)cc34)ncn2)C[C@H](C)O1. The molecular formula is C21H24FN5O2. The number of benzene rings is 1. The molecule has 2 aliphatic rings. The van der Waals surface area contributed by atoms with E-state index in [0.29, 0.717) is 16.9 Å². The molecule has 2 fully saturated rings. The Morgan fingerprint density at radius 3 is 2.66 bits per heavy atom. The fourth-order valence-electron chi connectivity index (χ4n) is 3.85. The summed E-state index contributed by atoms with van der Waals surface area (Å²) in [6, 6.07) is 5.07. The Morgan fingerprint density at radius 1 is 1.17 bits per heavy atom. The van der Waals surface area contributed by atoms with Crippen molar-refractivity contribution in [1.82, 2.24) is 20.2 Å². The summed E-state index contributed by atoms with van der Waals surface area (Å²) in [5.74, 6) is 0.697. The van der Waals surface area contributed by atoms with E-state index in [9.17, 15) is 4.39 Å². The molecule has 2 aromatic heterocycles. The minimum atomic E-state index is -0.388. The van der Waals surface area contributed by atoms with Crippen molar-refractivity contribution >= 4 is 16.7 Å². The fraction of sp³-hybridized carbons (Fsp3) is 0.476. The Balaban J connectivity index is 1.51. The first kappa shape index (κ1) is 18.3. The smallest absolute Gasteiger partial charge is 0.167 e. The number of rotatable bonds is 4. The van der Waals surface area contributed by atoms with E-state index in [0.717, 1.165) is 37.1 Å². The Bertz CT molecular complexity index is 1050. The molecule has 7 nitrogen and oxygen atoms in total. The van der Waals surface area contributed by atoms with Crippen LogP contribution in [0.1, 0.15) is 33.6 Å². The summed E-state index contributed by atoms with van der Waals surface area (Å²) < 4.78 is 26.2. The van der Waals surface area contributed by atoms with E-state index in [4.69, 9.17) is 9.47 Å². The zero-order chi connectivity index (χ0) is 20.2. The molecule has 5 rings (SSSR count). The minimum Gasteiger partial charge on any atom is -0.484 e. The van der Waals surface area contributed by atoms with Crippen LogP contribution in [0, 0.1) is 5.82 Å². The highest BCUT2D eigenvalue weighted by molar-refractivity contribution is 5.93. The van der Waals surface area contributed by atoms with Crippen molar-refractivity contribution in [2.45, 2.75) is 51.4 Å². The predicted molar refractivity (Wildman–Crippen MR) is 108 cm³/mol. The molecule has 0 spiro atoms. The highest BCUT2D eigenvalue weighted by Gasteiger charge is 2.40. The van der Waals surface area contributed by atoms with Gasteiger partial charge in [0.25, 0.3) is 0 Å². The molecule has 3 aromatic rings. The standard InChI is InChI=1S/C21H24FN5O2/c1-12-9-27(10-13(2)28-12)19-8-17(23-11-24-19)20-14-6-18(29-21(3)4-5-21)15(22)7-16(14)25-26-20/h6-8,11-13H,4-5,9-10H2,1-3H3,(H,25,26)/t12-,13+. The van der Waals surface area contributed by atoms with Crippen LogP contribution in [0.25, 0.3) is 22.3 Å². The van der Waals surface area contributed by atoms with Crippen molar-refractivity contribution in [3.63, 3.8) is 0 Å². The van der Waals surface area contributed by atoms with Gasteiger partial charge in [0.1, 0.15) is 23.4 Å². The van der Waals surface area contributed by atoms with Crippen LogP contribution in [0.2, 0.25) is 0 Å². The Morgan fingerprint density at radius 2 is 1.93 bits per heavy atom. The lowest BCUT2D eigenvalue weighted by Crippen LogP contribution is -2.45. The molecule has 152 valence electrons. The number of hydrogen-bond acceptors (Lipinski definition) is 6. The number of aromatic amines is 1. The number of ether oxygens (including phenoxy) is 2. The van der Waals surface area contributed by atoms with Crippen molar-refractivity contribution in [1.29, 1.82) is 0 Å². The molecular weight excluding hydrogens is 373 g/mol. The first-order valence-corrected chi connectivity index (χ1v) is 10.00. The highest BCUT2D eigenvalue weighted by atomic mass is 19.1. The van der Waals surface area contributed by atoms with Crippen LogP contribution in [0.15, 0.2) is 24.5 Å². The molecule has 3 heterocycles. The first-order valence-electron chi connectivity index (χ1n) is 10.00. The molecule has 0 bridgehead atoms. The van der Waals surface area contributed by atoms with Crippen molar-refractivity contribution in [3.05, 3.63) is 30.3 Å². The van der Waals surface area contributed by atoms with Gasteiger partial charge < -0.3 is 14.4 Å². The number of aromatic nitrogens is 4. The topological polar surface area (TPSA) is 76.2 Å². The van der Waals surface area contributed by atoms with Crippen molar-refractivity contribution in [2.75, 3.05) is 18.0 Å². The molecule has 0 radical (unpaired) electrons. The van der Waals surface area contributed by atoms with Gasteiger partial charge in [-0.2, -0.15) is 5.10 Å². The third kappa shape index (κ3) is 3.53.